The summed E-state index contributed by atoms with van der Waals surface area (Å²) >= 11 is 7.18. The molecule has 8 heteroatoms. The van der Waals surface area contributed by atoms with Gasteiger partial charge in [-0.05, 0) is 24.3 Å². The molecule has 3 rings (SSSR count). The fraction of sp³-hybridized carbons (Fsp3) is 0.118. The first-order valence-corrected chi connectivity index (χ1v) is 8.73. The summed E-state index contributed by atoms with van der Waals surface area (Å²) < 4.78 is 15.5. The zero-order chi connectivity index (χ0) is 17.8. The van der Waals surface area contributed by atoms with E-state index in [9.17, 15) is 9.18 Å². The van der Waals surface area contributed by atoms with Crippen molar-refractivity contribution < 1.29 is 9.18 Å². The normalized spacial score (nSPS) is 11.3. The molecular formula is C17H14ClFN4OS. The number of carbonyl (C=O) groups is 1. The number of hydrogen-bond acceptors (Lipinski definition) is 4. The van der Waals surface area contributed by atoms with Crippen LogP contribution in [0.2, 0.25) is 5.02 Å². The number of para-hydroxylation sites is 2. The largest absolute Gasteiger partial charge is 0.322 e. The maximum Gasteiger partial charge on any atom is 0.250 e. The third-order valence-corrected chi connectivity index (χ3v) is 4.82. The van der Waals surface area contributed by atoms with E-state index in [0.717, 1.165) is 16.2 Å². The molecule has 1 N–H and O–H groups in total. The zero-order valence-electron chi connectivity index (χ0n) is 13.2. The summed E-state index contributed by atoms with van der Waals surface area (Å²) in [6.45, 7) is 0. The maximum absolute atomic E-state index is 13.6. The summed E-state index contributed by atoms with van der Waals surface area (Å²) in [5.74, 6) is -0.681. The van der Waals surface area contributed by atoms with Crippen molar-refractivity contribution in [2.75, 3.05) is 5.75 Å². The van der Waals surface area contributed by atoms with Crippen molar-refractivity contribution >= 4 is 46.5 Å². The minimum atomic E-state index is -0.500. The Hall–Kier alpha value is -2.38. The monoisotopic (exact) mass is 376 g/mol. The number of nitrogens with zero attached hydrogens (tertiary/aromatic N) is 3. The van der Waals surface area contributed by atoms with Gasteiger partial charge in [0, 0.05) is 12.6 Å². The fourth-order valence-electron chi connectivity index (χ4n) is 2.22. The summed E-state index contributed by atoms with van der Waals surface area (Å²) in [7, 11) is 1.90. The Kier molecular flexibility index (Phi) is 5.35. The second-order valence-corrected chi connectivity index (χ2v) is 6.51. The van der Waals surface area contributed by atoms with Gasteiger partial charge in [0.25, 0.3) is 5.91 Å². The first-order valence-electron chi connectivity index (χ1n) is 7.36. The molecule has 0 bridgehead atoms. The van der Waals surface area contributed by atoms with Crippen LogP contribution in [0.5, 0.6) is 0 Å². The van der Waals surface area contributed by atoms with Crippen molar-refractivity contribution in [3.05, 3.63) is 58.9 Å². The molecule has 0 atom stereocenters. The summed E-state index contributed by atoms with van der Waals surface area (Å²) in [5, 5.41) is 4.71. The van der Waals surface area contributed by atoms with Crippen molar-refractivity contribution in [1.29, 1.82) is 0 Å². The predicted molar refractivity (Wildman–Crippen MR) is 98.6 cm³/mol. The number of hydrogen-bond donors (Lipinski definition) is 1. The number of aromatic nitrogens is 2. The predicted octanol–water partition coefficient (Wildman–Crippen LogP) is 3.61. The highest BCUT2D eigenvalue weighted by molar-refractivity contribution is 7.99. The van der Waals surface area contributed by atoms with E-state index < -0.39 is 5.82 Å². The quantitative estimate of drug-likeness (QED) is 0.420. The molecule has 0 radical (unpaired) electrons. The number of benzene rings is 2. The second kappa shape index (κ2) is 7.67. The number of halogens is 2. The number of amides is 1. The molecule has 0 fully saturated rings. The molecule has 0 saturated carbocycles. The van der Waals surface area contributed by atoms with Crippen molar-refractivity contribution in [3.63, 3.8) is 0 Å². The minimum Gasteiger partial charge on any atom is -0.322 e. The van der Waals surface area contributed by atoms with E-state index in [1.165, 1.54) is 30.1 Å². The molecule has 0 aliphatic carbocycles. The van der Waals surface area contributed by atoms with Crippen LogP contribution >= 0.6 is 23.4 Å². The average Bonchev–Trinajstić information content (AvgIpc) is 2.92. The highest BCUT2D eigenvalue weighted by Gasteiger charge is 2.10. The summed E-state index contributed by atoms with van der Waals surface area (Å²) in [6.07, 6.45) is 1.19. The molecule has 3 aromatic rings. The number of thioether (sulfide) groups is 1. The van der Waals surface area contributed by atoms with Gasteiger partial charge in [0.05, 0.1) is 28.0 Å². The molecule has 0 spiro atoms. The Morgan fingerprint density at radius 2 is 2.16 bits per heavy atom. The van der Waals surface area contributed by atoms with Gasteiger partial charge in [0.15, 0.2) is 5.16 Å². The highest BCUT2D eigenvalue weighted by atomic mass is 35.5. The third kappa shape index (κ3) is 4.00. The van der Waals surface area contributed by atoms with E-state index in [-0.39, 0.29) is 22.2 Å². The van der Waals surface area contributed by atoms with Crippen molar-refractivity contribution in [2.24, 2.45) is 12.1 Å². The van der Waals surface area contributed by atoms with Crippen LogP contribution in [0.3, 0.4) is 0 Å². The third-order valence-electron chi connectivity index (χ3n) is 3.46. The molecule has 0 saturated heterocycles. The first-order chi connectivity index (χ1) is 12.1. The number of aryl methyl sites for hydroxylation is 1. The lowest BCUT2D eigenvalue weighted by molar-refractivity contribution is -0.118. The van der Waals surface area contributed by atoms with Gasteiger partial charge in [-0.3, -0.25) is 4.79 Å². The minimum absolute atomic E-state index is 0.132. The maximum atomic E-state index is 13.6. The molecule has 128 valence electrons. The highest BCUT2D eigenvalue weighted by Crippen LogP contribution is 2.22. The number of carbonyl (C=O) groups excluding carboxylic acids is 1. The Morgan fingerprint density at radius 1 is 1.36 bits per heavy atom. The average molecular weight is 377 g/mol. The SMILES string of the molecule is Cn1c(SCC(=O)NN=Cc2c(F)cccc2Cl)nc2ccccc21. The standard InChI is InChI=1S/C17H14ClFN4OS/c1-23-15-8-3-2-7-14(15)21-17(23)25-10-16(24)22-20-9-11-12(18)5-4-6-13(11)19/h2-9H,10H2,1H3,(H,22,24). The second-order valence-electron chi connectivity index (χ2n) is 5.16. The van der Waals surface area contributed by atoms with Gasteiger partial charge in [0.2, 0.25) is 0 Å². The Balaban J connectivity index is 1.59. The fourth-order valence-corrected chi connectivity index (χ4v) is 3.21. The molecule has 1 heterocycles. The summed E-state index contributed by atoms with van der Waals surface area (Å²) in [6, 6.07) is 12.1. The number of hydrazone groups is 1. The summed E-state index contributed by atoms with van der Waals surface area (Å²) in [5.41, 5.74) is 4.36. The van der Waals surface area contributed by atoms with Crippen LogP contribution in [0.1, 0.15) is 5.56 Å². The van der Waals surface area contributed by atoms with Crippen LogP contribution in [-0.4, -0.2) is 27.4 Å². The molecule has 25 heavy (non-hydrogen) atoms. The van der Waals surface area contributed by atoms with Crippen LogP contribution in [0.15, 0.2) is 52.7 Å². The molecular weight excluding hydrogens is 363 g/mol. The molecule has 0 aliphatic rings. The Morgan fingerprint density at radius 3 is 2.92 bits per heavy atom. The Bertz CT molecular complexity index is 937. The van der Waals surface area contributed by atoms with Gasteiger partial charge in [-0.1, -0.05) is 41.6 Å². The van der Waals surface area contributed by atoms with Crippen molar-refractivity contribution in [2.45, 2.75) is 5.16 Å². The topological polar surface area (TPSA) is 59.3 Å². The number of nitrogens with one attached hydrogen (secondary N) is 1. The smallest absolute Gasteiger partial charge is 0.250 e. The van der Waals surface area contributed by atoms with Gasteiger partial charge >= 0.3 is 0 Å². The van der Waals surface area contributed by atoms with Crippen LogP contribution in [0.4, 0.5) is 4.39 Å². The molecule has 1 amide bonds. The van der Waals surface area contributed by atoms with E-state index in [2.05, 4.69) is 15.5 Å². The lowest BCUT2D eigenvalue weighted by atomic mass is 10.2. The molecule has 2 aromatic carbocycles. The van der Waals surface area contributed by atoms with Crippen molar-refractivity contribution in [1.82, 2.24) is 15.0 Å². The molecule has 5 nitrogen and oxygen atoms in total. The molecule has 1 aromatic heterocycles. The van der Waals surface area contributed by atoms with Crippen LogP contribution in [0.25, 0.3) is 11.0 Å². The van der Waals surface area contributed by atoms with Gasteiger partial charge < -0.3 is 4.57 Å². The Labute approximate surface area is 152 Å². The molecule has 0 aliphatic heterocycles. The number of rotatable bonds is 5. The van der Waals surface area contributed by atoms with Crippen LogP contribution < -0.4 is 5.43 Å². The van der Waals surface area contributed by atoms with E-state index in [1.807, 2.05) is 35.9 Å². The van der Waals surface area contributed by atoms with Crippen LogP contribution in [0, 0.1) is 5.82 Å². The number of imidazole rings is 1. The first kappa shape index (κ1) is 17.4. The number of fused-ring (bicyclic) bond motifs is 1. The van der Waals surface area contributed by atoms with E-state index in [1.54, 1.807) is 6.07 Å². The van der Waals surface area contributed by atoms with Gasteiger partial charge in [-0.25, -0.2) is 14.8 Å². The van der Waals surface area contributed by atoms with Gasteiger partial charge in [-0.15, -0.1) is 0 Å². The van der Waals surface area contributed by atoms with E-state index >= 15 is 0 Å². The van der Waals surface area contributed by atoms with Crippen LogP contribution in [-0.2, 0) is 11.8 Å². The lowest BCUT2D eigenvalue weighted by Gasteiger charge is -2.02. The molecule has 0 unspecified atom stereocenters. The zero-order valence-corrected chi connectivity index (χ0v) is 14.8. The van der Waals surface area contributed by atoms with Crippen molar-refractivity contribution in [3.8, 4) is 0 Å². The van der Waals surface area contributed by atoms with E-state index in [4.69, 9.17) is 11.6 Å². The van der Waals surface area contributed by atoms with Gasteiger partial charge in [0.1, 0.15) is 5.82 Å². The van der Waals surface area contributed by atoms with E-state index in [0.29, 0.717) is 0 Å². The lowest BCUT2D eigenvalue weighted by Crippen LogP contribution is -2.20. The summed E-state index contributed by atoms with van der Waals surface area (Å²) in [4.78, 5) is 16.4. The van der Waals surface area contributed by atoms with Gasteiger partial charge in [-0.2, -0.15) is 5.10 Å².